The van der Waals surface area contributed by atoms with Crippen LogP contribution in [0.25, 0.3) is 16.5 Å². The first-order valence-electron chi connectivity index (χ1n) is 6.63. The highest BCUT2D eigenvalue weighted by Gasteiger charge is 2.17. The number of carboxylic acids is 1. The van der Waals surface area contributed by atoms with Crippen LogP contribution in [0.5, 0.6) is 5.75 Å². The number of aromatic nitrogens is 3. The quantitative estimate of drug-likeness (QED) is 0.669. The zero-order valence-electron chi connectivity index (χ0n) is 12.1. The van der Waals surface area contributed by atoms with E-state index in [2.05, 4.69) is 26.1 Å². The predicted molar refractivity (Wildman–Crippen MR) is 91.5 cm³/mol. The summed E-state index contributed by atoms with van der Waals surface area (Å²) in [5, 5.41) is 19.4. The van der Waals surface area contributed by atoms with Crippen LogP contribution in [-0.2, 0) is 4.79 Å². The van der Waals surface area contributed by atoms with Gasteiger partial charge in [0.15, 0.2) is 5.16 Å². The molecule has 3 aromatic rings. The van der Waals surface area contributed by atoms with E-state index in [4.69, 9.17) is 9.84 Å². The van der Waals surface area contributed by atoms with Gasteiger partial charge in [0.05, 0.1) is 18.6 Å². The Balaban J connectivity index is 2.18. The number of methoxy groups -OCH3 is 1. The summed E-state index contributed by atoms with van der Waals surface area (Å²) in [4.78, 5) is 10.8. The van der Waals surface area contributed by atoms with Gasteiger partial charge < -0.3 is 9.84 Å². The molecule has 6 nitrogen and oxygen atoms in total. The van der Waals surface area contributed by atoms with Gasteiger partial charge in [0, 0.05) is 10.8 Å². The molecule has 0 fully saturated rings. The molecule has 23 heavy (non-hydrogen) atoms. The molecule has 8 heteroatoms. The standard InChI is InChI=1S/C15H12BrN3O3S/c1-22-12-7-6-11(9-4-2-3-5-10(9)12)19-14(16)17-18-15(19)23-8-13(20)21/h2-7H,8H2,1H3,(H,20,21). The minimum absolute atomic E-state index is 0.0841. The average molecular weight is 394 g/mol. The molecule has 0 unspecified atom stereocenters. The van der Waals surface area contributed by atoms with Crippen LogP contribution >= 0.6 is 27.7 Å². The number of hydrogen-bond donors (Lipinski definition) is 1. The number of benzene rings is 2. The Kier molecular flexibility index (Phi) is 4.53. The number of rotatable bonds is 5. The van der Waals surface area contributed by atoms with Gasteiger partial charge >= 0.3 is 5.97 Å². The van der Waals surface area contributed by atoms with Gasteiger partial charge in [0.2, 0.25) is 4.73 Å². The van der Waals surface area contributed by atoms with E-state index in [1.165, 1.54) is 0 Å². The van der Waals surface area contributed by atoms with Crippen LogP contribution in [0.2, 0.25) is 0 Å². The van der Waals surface area contributed by atoms with Crippen molar-refractivity contribution in [2.24, 2.45) is 0 Å². The molecular formula is C15H12BrN3O3S. The van der Waals surface area contributed by atoms with E-state index in [0.29, 0.717) is 9.89 Å². The van der Waals surface area contributed by atoms with Crippen LogP contribution in [0.4, 0.5) is 0 Å². The Morgan fingerprint density at radius 2 is 2.00 bits per heavy atom. The highest BCUT2D eigenvalue weighted by Crippen LogP contribution is 2.34. The van der Waals surface area contributed by atoms with Crippen LogP contribution in [0.15, 0.2) is 46.3 Å². The van der Waals surface area contributed by atoms with E-state index in [0.717, 1.165) is 34.0 Å². The number of hydrogen-bond acceptors (Lipinski definition) is 5. The summed E-state index contributed by atoms with van der Waals surface area (Å²) in [6, 6.07) is 11.6. The molecule has 1 N–H and O–H groups in total. The van der Waals surface area contributed by atoms with Crippen LogP contribution in [0.1, 0.15) is 0 Å². The lowest BCUT2D eigenvalue weighted by atomic mass is 10.1. The fourth-order valence-corrected chi connectivity index (χ4v) is 3.52. The summed E-state index contributed by atoms with van der Waals surface area (Å²) in [7, 11) is 1.63. The lowest BCUT2D eigenvalue weighted by Crippen LogP contribution is -2.03. The van der Waals surface area contributed by atoms with Crippen molar-refractivity contribution in [3.8, 4) is 11.4 Å². The van der Waals surface area contributed by atoms with Crippen molar-refractivity contribution < 1.29 is 14.6 Å². The lowest BCUT2D eigenvalue weighted by molar-refractivity contribution is -0.133. The van der Waals surface area contributed by atoms with Crippen molar-refractivity contribution in [2.75, 3.05) is 12.9 Å². The molecule has 0 radical (unpaired) electrons. The smallest absolute Gasteiger partial charge is 0.313 e. The first kappa shape index (κ1) is 15.8. The minimum Gasteiger partial charge on any atom is -0.496 e. The number of ether oxygens (including phenoxy) is 1. The van der Waals surface area contributed by atoms with E-state index in [1.807, 2.05) is 36.4 Å². The van der Waals surface area contributed by atoms with Gasteiger partial charge in [-0.05, 0) is 28.1 Å². The van der Waals surface area contributed by atoms with Crippen molar-refractivity contribution in [1.29, 1.82) is 0 Å². The van der Waals surface area contributed by atoms with Crippen molar-refractivity contribution in [2.45, 2.75) is 5.16 Å². The highest BCUT2D eigenvalue weighted by atomic mass is 79.9. The molecule has 0 atom stereocenters. The second-order valence-corrected chi connectivity index (χ2v) is 6.25. The Bertz CT molecular complexity index is 882. The molecule has 0 bridgehead atoms. The van der Waals surface area contributed by atoms with Gasteiger partial charge in [-0.15, -0.1) is 10.2 Å². The van der Waals surface area contributed by atoms with E-state index in [1.54, 1.807) is 11.7 Å². The minimum atomic E-state index is -0.903. The molecule has 0 spiro atoms. The average Bonchev–Trinajstić information content (AvgIpc) is 2.92. The van der Waals surface area contributed by atoms with E-state index in [9.17, 15) is 4.79 Å². The third-order valence-corrected chi connectivity index (χ3v) is 4.67. The number of aliphatic carboxylic acids is 1. The normalized spacial score (nSPS) is 10.9. The van der Waals surface area contributed by atoms with E-state index >= 15 is 0 Å². The fourth-order valence-electron chi connectivity index (χ4n) is 2.30. The van der Waals surface area contributed by atoms with E-state index in [-0.39, 0.29) is 5.75 Å². The summed E-state index contributed by atoms with van der Waals surface area (Å²) in [6.07, 6.45) is 0. The second-order valence-electron chi connectivity index (χ2n) is 4.60. The molecule has 0 aliphatic heterocycles. The third kappa shape index (κ3) is 3.04. The monoisotopic (exact) mass is 393 g/mol. The van der Waals surface area contributed by atoms with Gasteiger partial charge in [-0.25, -0.2) is 0 Å². The molecule has 0 saturated heterocycles. The van der Waals surface area contributed by atoms with Crippen molar-refractivity contribution in [3.63, 3.8) is 0 Å². The topological polar surface area (TPSA) is 77.2 Å². The van der Waals surface area contributed by atoms with E-state index < -0.39 is 5.97 Å². The summed E-state index contributed by atoms with van der Waals surface area (Å²) in [6.45, 7) is 0. The molecule has 0 saturated carbocycles. The third-order valence-electron chi connectivity index (χ3n) is 3.24. The number of thioether (sulfide) groups is 1. The zero-order valence-corrected chi connectivity index (χ0v) is 14.5. The summed E-state index contributed by atoms with van der Waals surface area (Å²) < 4.78 is 7.71. The molecule has 0 aliphatic carbocycles. The van der Waals surface area contributed by atoms with Crippen LogP contribution in [0, 0.1) is 0 Å². The Labute approximate surface area is 144 Å². The largest absolute Gasteiger partial charge is 0.496 e. The number of fused-ring (bicyclic) bond motifs is 1. The number of nitrogens with zero attached hydrogens (tertiary/aromatic N) is 3. The number of carboxylic acid groups (broad SMARTS) is 1. The van der Waals surface area contributed by atoms with Crippen molar-refractivity contribution >= 4 is 44.4 Å². The molecule has 1 aromatic heterocycles. The number of halogens is 1. The van der Waals surface area contributed by atoms with Gasteiger partial charge in [-0.1, -0.05) is 36.0 Å². The predicted octanol–water partition coefficient (Wildman–Crippen LogP) is 3.37. The Hall–Kier alpha value is -2.06. The molecule has 3 rings (SSSR count). The van der Waals surface area contributed by atoms with Crippen LogP contribution in [0.3, 0.4) is 0 Å². The van der Waals surface area contributed by atoms with Crippen molar-refractivity contribution in [1.82, 2.24) is 14.8 Å². The molecule has 0 amide bonds. The van der Waals surface area contributed by atoms with Gasteiger partial charge in [0.25, 0.3) is 0 Å². The maximum absolute atomic E-state index is 10.8. The molecule has 0 aliphatic rings. The Morgan fingerprint density at radius 3 is 2.70 bits per heavy atom. The zero-order chi connectivity index (χ0) is 16.4. The van der Waals surface area contributed by atoms with Gasteiger partial charge in [-0.3, -0.25) is 9.36 Å². The number of carbonyl (C=O) groups is 1. The van der Waals surface area contributed by atoms with Gasteiger partial charge in [-0.2, -0.15) is 0 Å². The van der Waals surface area contributed by atoms with Gasteiger partial charge in [0.1, 0.15) is 5.75 Å². The molecule has 2 aromatic carbocycles. The maximum atomic E-state index is 10.8. The first-order chi connectivity index (χ1) is 11.1. The molecular weight excluding hydrogens is 382 g/mol. The second kappa shape index (κ2) is 6.59. The summed E-state index contributed by atoms with van der Waals surface area (Å²) >= 11 is 4.50. The lowest BCUT2D eigenvalue weighted by Gasteiger charge is -2.13. The van der Waals surface area contributed by atoms with Crippen LogP contribution < -0.4 is 4.74 Å². The fraction of sp³-hybridized carbons (Fsp3) is 0.133. The maximum Gasteiger partial charge on any atom is 0.313 e. The molecule has 118 valence electrons. The first-order valence-corrected chi connectivity index (χ1v) is 8.41. The summed E-state index contributed by atoms with van der Waals surface area (Å²) in [5.41, 5.74) is 0.853. The summed E-state index contributed by atoms with van der Waals surface area (Å²) in [5.74, 6) is -0.215. The SMILES string of the molecule is COc1ccc(-n2c(Br)nnc2SCC(=O)O)c2ccccc12. The highest BCUT2D eigenvalue weighted by molar-refractivity contribution is 9.10. The van der Waals surface area contributed by atoms with Crippen molar-refractivity contribution in [3.05, 3.63) is 41.1 Å². The van der Waals surface area contributed by atoms with Crippen LogP contribution in [-0.4, -0.2) is 38.7 Å². The Morgan fingerprint density at radius 1 is 1.26 bits per heavy atom. The molecule has 1 heterocycles.